The van der Waals surface area contributed by atoms with Gasteiger partial charge in [0.1, 0.15) is 36.6 Å². The zero-order valence-corrected chi connectivity index (χ0v) is 37.3. The van der Waals surface area contributed by atoms with Gasteiger partial charge in [-0.1, -0.05) is 213 Å². The highest BCUT2D eigenvalue weighted by molar-refractivity contribution is 5.80. The highest BCUT2D eigenvalue weighted by Gasteiger charge is 2.44. The second-order valence-electron chi connectivity index (χ2n) is 17.5. The van der Waals surface area contributed by atoms with Crippen LogP contribution in [0, 0.1) is 0 Å². The summed E-state index contributed by atoms with van der Waals surface area (Å²) < 4.78 is 11.1. The summed E-state index contributed by atoms with van der Waals surface area (Å²) in [6.07, 6.45) is 27.6. The molecule has 11 heteroatoms. The Morgan fingerprint density at radius 1 is 0.534 bits per heavy atom. The molecular formula is C47H93NO10. The summed E-state index contributed by atoms with van der Waals surface area (Å²) in [6.45, 7) is 3.41. The van der Waals surface area contributed by atoms with E-state index in [1.54, 1.807) is 0 Å². The molecule has 0 saturated carbocycles. The standard InChI is InChI=1S/C47H93NO10/c1-3-5-7-9-11-13-14-15-16-17-18-19-20-21-22-23-24-25-26-27-29-31-33-35-40(51)46(56)48-38(37-57-47-45(55)44(54)43(53)41(36-49)58-47)42(52)39(50)34-32-30-28-12-10-8-6-4-2/h38-45,47,49-55H,3-37H2,1-2H3,(H,48,56). The molecule has 0 aromatic carbocycles. The Morgan fingerprint density at radius 2 is 0.897 bits per heavy atom. The number of amides is 1. The van der Waals surface area contributed by atoms with Crippen LogP contribution in [0.1, 0.15) is 226 Å². The first-order valence-electron chi connectivity index (χ1n) is 24.4. The van der Waals surface area contributed by atoms with E-state index in [1.807, 2.05) is 0 Å². The molecule has 1 saturated heterocycles. The largest absolute Gasteiger partial charge is 0.394 e. The maximum Gasteiger partial charge on any atom is 0.249 e. The molecule has 1 rings (SSSR count). The number of aliphatic hydroxyl groups is 7. The summed E-state index contributed by atoms with van der Waals surface area (Å²) in [6, 6.07) is -1.16. The third kappa shape index (κ3) is 27.1. The van der Waals surface area contributed by atoms with Crippen LogP contribution in [0.15, 0.2) is 0 Å². The minimum Gasteiger partial charge on any atom is -0.394 e. The molecule has 1 heterocycles. The molecule has 1 aliphatic heterocycles. The molecule has 0 aromatic rings. The van der Waals surface area contributed by atoms with Crippen LogP contribution in [0.2, 0.25) is 0 Å². The second-order valence-corrected chi connectivity index (χ2v) is 17.5. The zero-order valence-electron chi connectivity index (χ0n) is 37.3. The van der Waals surface area contributed by atoms with Crippen LogP contribution in [0.3, 0.4) is 0 Å². The molecule has 1 amide bonds. The van der Waals surface area contributed by atoms with Gasteiger partial charge in [0.05, 0.1) is 25.4 Å². The average molecular weight is 832 g/mol. The van der Waals surface area contributed by atoms with Crippen LogP contribution in [-0.2, 0) is 14.3 Å². The van der Waals surface area contributed by atoms with E-state index in [0.29, 0.717) is 19.3 Å². The number of carbonyl (C=O) groups is 1. The van der Waals surface area contributed by atoms with Gasteiger partial charge in [-0.05, 0) is 12.8 Å². The average Bonchev–Trinajstić information content (AvgIpc) is 3.22. The first-order valence-corrected chi connectivity index (χ1v) is 24.4. The molecule has 1 aliphatic rings. The van der Waals surface area contributed by atoms with Crippen molar-refractivity contribution in [2.45, 2.75) is 281 Å². The number of aliphatic hydroxyl groups excluding tert-OH is 7. The quantitative estimate of drug-likeness (QED) is 0.0279. The van der Waals surface area contributed by atoms with E-state index in [4.69, 9.17) is 9.47 Å². The number of ether oxygens (including phenoxy) is 2. The van der Waals surface area contributed by atoms with Crippen molar-refractivity contribution in [1.82, 2.24) is 5.32 Å². The van der Waals surface area contributed by atoms with Gasteiger partial charge < -0.3 is 50.5 Å². The third-order valence-corrected chi connectivity index (χ3v) is 12.2. The summed E-state index contributed by atoms with van der Waals surface area (Å²) in [4.78, 5) is 13.1. The minimum atomic E-state index is -1.65. The lowest BCUT2D eigenvalue weighted by Gasteiger charge is -2.40. The Balaban J connectivity index is 2.28. The molecule has 0 aromatic heterocycles. The molecule has 346 valence electrons. The van der Waals surface area contributed by atoms with Gasteiger partial charge in [0.15, 0.2) is 6.29 Å². The van der Waals surface area contributed by atoms with E-state index in [1.165, 1.54) is 148 Å². The monoisotopic (exact) mass is 832 g/mol. The normalized spacial score (nSPS) is 21.8. The van der Waals surface area contributed by atoms with E-state index in [2.05, 4.69) is 19.2 Å². The number of carbonyl (C=O) groups excluding carboxylic acids is 1. The maximum atomic E-state index is 13.1. The molecular weight excluding hydrogens is 739 g/mol. The number of hydrogen-bond donors (Lipinski definition) is 8. The lowest BCUT2D eigenvalue weighted by molar-refractivity contribution is -0.303. The summed E-state index contributed by atoms with van der Waals surface area (Å²) in [7, 11) is 0. The van der Waals surface area contributed by atoms with Crippen molar-refractivity contribution in [3.63, 3.8) is 0 Å². The number of hydrogen-bond acceptors (Lipinski definition) is 10. The fourth-order valence-electron chi connectivity index (χ4n) is 8.09. The highest BCUT2D eigenvalue weighted by atomic mass is 16.7. The molecule has 0 bridgehead atoms. The molecule has 0 spiro atoms. The first-order chi connectivity index (χ1) is 28.2. The molecule has 0 aliphatic carbocycles. The fraction of sp³-hybridized carbons (Fsp3) is 0.979. The van der Waals surface area contributed by atoms with Gasteiger partial charge in [-0.2, -0.15) is 0 Å². The van der Waals surface area contributed by atoms with Crippen LogP contribution in [0.4, 0.5) is 0 Å². The Labute approximate surface area is 354 Å². The highest BCUT2D eigenvalue weighted by Crippen LogP contribution is 2.23. The zero-order chi connectivity index (χ0) is 42.6. The summed E-state index contributed by atoms with van der Waals surface area (Å²) in [5, 5.41) is 75.4. The molecule has 0 radical (unpaired) electrons. The van der Waals surface area contributed by atoms with Gasteiger partial charge in [-0.25, -0.2) is 0 Å². The molecule has 11 nitrogen and oxygen atoms in total. The fourth-order valence-corrected chi connectivity index (χ4v) is 8.09. The Hall–Kier alpha value is -0.890. The Bertz CT molecular complexity index is 913. The molecule has 1 fully saturated rings. The van der Waals surface area contributed by atoms with E-state index >= 15 is 0 Å². The van der Waals surface area contributed by atoms with Crippen LogP contribution in [0.25, 0.3) is 0 Å². The molecule has 9 atom stereocenters. The van der Waals surface area contributed by atoms with E-state index < -0.39 is 74.2 Å². The van der Waals surface area contributed by atoms with Crippen LogP contribution in [0.5, 0.6) is 0 Å². The summed E-state index contributed by atoms with van der Waals surface area (Å²) in [5.74, 6) is -0.695. The van der Waals surface area contributed by atoms with Gasteiger partial charge in [0, 0.05) is 0 Å². The third-order valence-electron chi connectivity index (χ3n) is 12.2. The van der Waals surface area contributed by atoms with Crippen molar-refractivity contribution in [3.8, 4) is 0 Å². The van der Waals surface area contributed by atoms with Crippen LogP contribution in [-0.4, -0.2) is 110 Å². The van der Waals surface area contributed by atoms with Gasteiger partial charge in [-0.15, -0.1) is 0 Å². The lowest BCUT2D eigenvalue weighted by Crippen LogP contribution is -2.60. The smallest absolute Gasteiger partial charge is 0.249 e. The number of unbranched alkanes of at least 4 members (excludes halogenated alkanes) is 29. The SMILES string of the molecule is CCCCCCCCCCCCCCCCCCCCCCCCCC(O)C(=O)NC(COC1OC(CO)C(O)C(O)C1O)C(O)C(O)CCCCCCCCCC. The topological polar surface area (TPSA) is 189 Å². The molecule has 9 unspecified atom stereocenters. The minimum absolute atomic E-state index is 0.266. The van der Waals surface area contributed by atoms with Crippen LogP contribution < -0.4 is 5.32 Å². The van der Waals surface area contributed by atoms with E-state index in [9.17, 15) is 40.5 Å². The Kier molecular flexibility index (Phi) is 36.0. The van der Waals surface area contributed by atoms with Crippen molar-refractivity contribution in [1.29, 1.82) is 0 Å². The summed E-state index contributed by atoms with van der Waals surface area (Å²) in [5.41, 5.74) is 0. The van der Waals surface area contributed by atoms with Crippen molar-refractivity contribution < 1.29 is 50.0 Å². The molecule has 58 heavy (non-hydrogen) atoms. The van der Waals surface area contributed by atoms with E-state index in [-0.39, 0.29) is 6.42 Å². The van der Waals surface area contributed by atoms with Gasteiger partial charge in [0.2, 0.25) is 5.91 Å². The van der Waals surface area contributed by atoms with Crippen molar-refractivity contribution in [2.24, 2.45) is 0 Å². The number of nitrogens with one attached hydrogen (secondary N) is 1. The van der Waals surface area contributed by atoms with Gasteiger partial charge >= 0.3 is 0 Å². The first kappa shape index (κ1) is 55.1. The molecule has 8 N–H and O–H groups in total. The van der Waals surface area contributed by atoms with Crippen molar-refractivity contribution >= 4 is 5.91 Å². The van der Waals surface area contributed by atoms with E-state index in [0.717, 1.165) is 38.5 Å². The van der Waals surface area contributed by atoms with Crippen molar-refractivity contribution in [3.05, 3.63) is 0 Å². The summed E-state index contributed by atoms with van der Waals surface area (Å²) >= 11 is 0. The Morgan fingerprint density at radius 3 is 1.28 bits per heavy atom. The van der Waals surface area contributed by atoms with Crippen molar-refractivity contribution in [2.75, 3.05) is 13.2 Å². The van der Waals surface area contributed by atoms with Crippen LogP contribution >= 0.6 is 0 Å². The maximum absolute atomic E-state index is 13.1. The van der Waals surface area contributed by atoms with Gasteiger partial charge in [0.25, 0.3) is 0 Å². The lowest BCUT2D eigenvalue weighted by atomic mass is 9.98. The number of rotatable bonds is 41. The predicted octanol–water partition coefficient (Wildman–Crippen LogP) is 8.28. The second kappa shape index (κ2) is 37.8. The van der Waals surface area contributed by atoms with Gasteiger partial charge in [-0.3, -0.25) is 4.79 Å². The predicted molar refractivity (Wildman–Crippen MR) is 233 cm³/mol.